The van der Waals surface area contributed by atoms with Gasteiger partial charge >= 0.3 is 0 Å². The van der Waals surface area contributed by atoms with Crippen LogP contribution in [-0.4, -0.2) is 34.3 Å². The van der Waals surface area contributed by atoms with Crippen LogP contribution in [0.25, 0.3) is 10.2 Å². The number of hydrogen-bond acceptors (Lipinski definition) is 6. The number of nitrogens with zero attached hydrogens (tertiary/aromatic N) is 2. The molecule has 0 fully saturated rings. The molecule has 2 N–H and O–H groups in total. The highest BCUT2D eigenvalue weighted by Gasteiger charge is 2.09. The number of hydrogen-bond donors (Lipinski definition) is 2. The first-order valence-corrected chi connectivity index (χ1v) is 7.59. The molecule has 0 amide bonds. The number of rotatable bonds is 6. The standard InChI is InChI=1S/C15H14FN3O2S/c16-10-2-1-3-12(6-10)21-8-11(20)7-17-14-13-4-5-22-15(13)19-9-18-14/h1-6,9,11,20H,7-8H2,(H,17,18,19). The van der Waals surface area contributed by atoms with E-state index in [2.05, 4.69) is 15.3 Å². The molecule has 2 aromatic heterocycles. The van der Waals surface area contributed by atoms with Gasteiger partial charge in [-0.05, 0) is 23.6 Å². The van der Waals surface area contributed by atoms with Gasteiger partial charge in [0, 0.05) is 12.6 Å². The van der Waals surface area contributed by atoms with Gasteiger partial charge in [-0.25, -0.2) is 14.4 Å². The average molecular weight is 319 g/mol. The fraction of sp³-hybridized carbons (Fsp3) is 0.200. The Labute approximate surface area is 130 Å². The van der Waals surface area contributed by atoms with Crippen molar-refractivity contribution >= 4 is 27.4 Å². The van der Waals surface area contributed by atoms with Gasteiger partial charge in [-0.2, -0.15) is 0 Å². The third-order valence-corrected chi connectivity index (χ3v) is 3.83. The Bertz CT molecular complexity index is 765. The van der Waals surface area contributed by atoms with E-state index in [-0.39, 0.29) is 19.0 Å². The summed E-state index contributed by atoms with van der Waals surface area (Å²) in [6, 6.07) is 7.75. The predicted molar refractivity (Wildman–Crippen MR) is 83.8 cm³/mol. The van der Waals surface area contributed by atoms with Gasteiger partial charge in [-0.3, -0.25) is 0 Å². The number of ether oxygens (including phenoxy) is 1. The molecule has 0 saturated carbocycles. The highest BCUT2D eigenvalue weighted by atomic mass is 32.1. The molecule has 1 unspecified atom stereocenters. The topological polar surface area (TPSA) is 67.3 Å². The zero-order valence-electron chi connectivity index (χ0n) is 11.6. The van der Waals surface area contributed by atoms with Crippen LogP contribution in [-0.2, 0) is 0 Å². The van der Waals surface area contributed by atoms with Crippen LogP contribution >= 0.6 is 11.3 Å². The highest BCUT2D eigenvalue weighted by Crippen LogP contribution is 2.23. The Morgan fingerprint density at radius 2 is 2.23 bits per heavy atom. The molecule has 5 nitrogen and oxygen atoms in total. The molecule has 7 heteroatoms. The van der Waals surface area contributed by atoms with Gasteiger partial charge in [-0.1, -0.05) is 6.07 Å². The molecule has 0 radical (unpaired) electrons. The number of anilines is 1. The Morgan fingerprint density at radius 3 is 3.09 bits per heavy atom. The third-order valence-electron chi connectivity index (χ3n) is 3.01. The van der Waals surface area contributed by atoms with Crippen LogP contribution in [0.4, 0.5) is 10.2 Å². The summed E-state index contributed by atoms with van der Waals surface area (Å²) < 4.78 is 18.4. The van der Waals surface area contributed by atoms with Crippen LogP contribution in [0.3, 0.4) is 0 Å². The lowest BCUT2D eigenvalue weighted by Gasteiger charge is -2.14. The SMILES string of the molecule is OC(CNc1ncnc2sccc12)COc1cccc(F)c1. The summed E-state index contributed by atoms with van der Waals surface area (Å²) in [4.78, 5) is 9.21. The number of benzene rings is 1. The lowest BCUT2D eigenvalue weighted by atomic mass is 10.3. The van der Waals surface area contributed by atoms with Crippen LogP contribution in [0.5, 0.6) is 5.75 Å². The third kappa shape index (κ3) is 3.49. The van der Waals surface area contributed by atoms with Crippen LogP contribution < -0.4 is 10.1 Å². The molecular weight excluding hydrogens is 305 g/mol. The molecule has 3 aromatic rings. The van der Waals surface area contributed by atoms with Crippen molar-refractivity contribution in [3.05, 3.63) is 47.9 Å². The molecule has 0 bridgehead atoms. The molecular formula is C15H14FN3O2S. The van der Waals surface area contributed by atoms with Gasteiger partial charge in [0.1, 0.15) is 41.3 Å². The first-order chi connectivity index (χ1) is 10.7. The van der Waals surface area contributed by atoms with E-state index in [1.54, 1.807) is 12.1 Å². The number of fused-ring (bicyclic) bond motifs is 1. The normalized spacial score (nSPS) is 12.3. The Balaban J connectivity index is 1.54. The molecule has 22 heavy (non-hydrogen) atoms. The van der Waals surface area contributed by atoms with Crippen molar-refractivity contribution < 1.29 is 14.2 Å². The molecule has 0 aliphatic heterocycles. The molecule has 0 aliphatic carbocycles. The quantitative estimate of drug-likeness (QED) is 0.731. The Kier molecular flexibility index (Phi) is 4.45. The molecule has 0 spiro atoms. The summed E-state index contributed by atoms with van der Waals surface area (Å²) >= 11 is 1.53. The molecule has 3 rings (SSSR count). The zero-order chi connectivity index (χ0) is 15.4. The summed E-state index contributed by atoms with van der Waals surface area (Å²) in [6.07, 6.45) is 0.739. The van der Waals surface area contributed by atoms with E-state index in [0.29, 0.717) is 11.6 Å². The number of aliphatic hydroxyl groups excluding tert-OH is 1. The number of aromatic nitrogens is 2. The summed E-state index contributed by atoms with van der Waals surface area (Å²) in [5.74, 6) is 0.698. The zero-order valence-corrected chi connectivity index (χ0v) is 12.4. The fourth-order valence-corrected chi connectivity index (χ4v) is 2.69. The van der Waals surface area contributed by atoms with Crippen LogP contribution in [0.15, 0.2) is 42.0 Å². The number of thiophene rings is 1. The minimum absolute atomic E-state index is 0.0638. The second kappa shape index (κ2) is 6.67. The van der Waals surface area contributed by atoms with Crippen molar-refractivity contribution in [3.63, 3.8) is 0 Å². The van der Waals surface area contributed by atoms with E-state index < -0.39 is 6.10 Å². The second-order valence-corrected chi connectivity index (χ2v) is 5.56. The predicted octanol–water partition coefficient (Wildman–Crippen LogP) is 2.68. The second-order valence-electron chi connectivity index (χ2n) is 4.66. The van der Waals surface area contributed by atoms with Crippen molar-refractivity contribution in [2.24, 2.45) is 0 Å². The largest absolute Gasteiger partial charge is 0.491 e. The van der Waals surface area contributed by atoms with Gasteiger partial charge in [-0.15, -0.1) is 11.3 Å². The van der Waals surface area contributed by atoms with Crippen molar-refractivity contribution in [1.82, 2.24) is 9.97 Å². The maximum absolute atomic E-state index is 13.0. The van der Waals surface area contributed by atoms with Gasteiger partial charge in [0.15, 0.2) is 0 Å². The lowest BCUT2D eigenvalue weighted by Crippen LogP contribution is -2.26. The maximum atomic E-state index is 13.0. The monoisotopic (exact) mass is 319 g/mol. The van der Waals surface area contributed by atoms with E-state index in [1.165, 1.54) is 29.8 Å². The lowest BCUT2D eigenvalue weighted by molar-refractivity contribution is 0.117. The van der Waals surface area contributed by atoms with E-state index in [1.807, 2.05) is 11.4 Å². The average Bonchev–Trinajstić information content (AvgIpc) is 3.00. The summed E-state index contributed by atoms with van der Waals surface area (Å²) in [5.41, 5.74) is 0. The van der Waals surface area contributed by atoms with E-state index >= 15 is 0 Å². The van der Waals surface area contributed by atoms with Crippen molar-refractivity contribution in [3.8, 4) is 5.75 Å². The Morgan fingerprint density at radius 1 is 1.32 bits per heavy atom. The van der Waals surface area contributed by atoms with Gasteiger partial charge < -0.3 is 15.2 Å². The smallest absolute Gasteiger partial charge is 0.138 e. The number of aliphatic hydroxyl groups is 1. The summed E-state index contributed by atoms with van der Waals surface area (Å²) in [5, 5.41) is 15.9. The van der Waals surface area contributed by atoms with Crippen molar-refractivity contribution in [1.29, 1.82) is 0 Å². The molecule has 114 valence electrons. The fourth-order valence-electron chi connectivity index (χ4n) is 1.95. The van der Waals surface area contributed by atoms with Gasteiger partial charge in [0.2, 0.25) is 0 Å². The summed E-state index contributed by atoms with van der Waals surface area (Å²) in [7, 11) is 0. The van der Waals surface area contributed by atoms with E-state index in [0.717, 1.165) is 10.2 Å². The first kappa shape index (κ1) is 14.7. The minimum Gasteiger partial charge on any atom is -0.491 e. The minimum atomic E-state index is -0.744. The number of halogens is 1. The van der Waals surface area contributed by atoms with E-state index in [4.69, 9.17) is 4.74 Å². The molecule has 0 saturated heterocycles. The maximum Gasteiger partial charge on any atom is 0.138 e. The Hall–Kier alpha value is -2.25. The number of nitrogens with one attached hydrogen (secondary N) is 1. The van der Waals surface area contributed by atoms with Crippen LogP contribution in [0, 0.1) is 5.82 Å². The van der Waals surface area contributed by atoms with Gasteiger partial charge in [0.25, 0.3) is 0 Å². The van der Waals surface area contributed by atoms with Crippen molar-refractivity contribution in [2.45, 2.75) is 6.10 Å². The first-order valence-electron chi connectivity index (χ1n) is 6.71. The highest BCUT2D eigenvalue weighted by molar-refractivity contribution is 7.16. The van der Waals surface area contributed by atoms with Crippen molar-refractivity contribution in [2.75, 3.05) is 18.5 Å². The molecule has 2 heterocycles. The molecule has 1 atom stereocenters. The van der Waals surface area contributed by atoms with Crippen LogP contribution in [0.2, 0.25) is 0 Å². The van der Waals surface area contributed by atoms with Crippen LogP contribution in [0.1, 0.15) is 0 Å². The van der Waals surface area contributed by atoms with E-state index in [9.17, 15) is 9.50 Å². The summed E-state index contributed by atoms with van der Waals surface area (Å²) in [6.45, 7) is 0.339. The molecule has 1 aromatic carbocycles. The van der Waals surface area contributed by atoms with Gasteiger partial charge in [0.05, 0.1) is 5.39 Å². The molecule has 0 aliphatic rings.